The molecular weight excluding hydrogens is 497 g/mol. The molecule has 34 heavy (non-hydrogen) atoms. The van der Waals surface area contributed by atoms with E-state index in [1.165, 1.54) is 24.3 Å². The van der Waals surface area contributed by atoms with Crippen LogP contribution in [0.5, 0.6) is 0 Å². The first-order valence-corrected chi connectivity index (χ1v) is 14.0. The molecule has 0 spiro atoms. The van der Waals surface area contributed by atoms with E-state index in [-0.39, 0.29) is 21.1 Å². The predicted octanol–water partition coefficient (Wildman–Crippen LogP) is 5.96. The van der Waals surface area contributed by atoms with E-state index >= 15 is 0 Å². The van der Waals surface area contributed by atoms with Crippen LogP contribution in [0.1, 0.15) is 57.5 Å². The van der Waals surface area contributed by atoms with Crippen molar-refractivity contribution in [1.29, 1.82) is 0 Å². The van der Waals surface area contributed by atoms with Crippen molar-refractivity contribution in [3.8, 4) is 0 Å². The molecule has 0 saturated heterocycles. The van der Waals surface area contributed by atoms with Crippen LogP contribution in [0, 0.1) is 0 Å². The van der Waals surface area contributed by atoms with Gasteiger partial charge in [0.2, 0.25) is 15.8 Å². The highest BCUT2D eigenvalue weighted by Gasteiger charge is 2.59. The highest BCUT2D eigenvalue weighted by Crippen LogP contribution is 2.69. The van der Waals surface area contributed by atoms with Crippen LogP contribution in [0.25, 0.3) is 0 Å². The van der Waals surface area contributed by atoms with Crippen LogP contribution in [0.2, 0.25) is 0 Å². The number of hydrogen-bond acceptors (Lipinski definition) is 6. The lowest BCUT2D eigenvalue weighted by molar-refractivity contribution is 0.0395. The number of sulfonamides is 1. The molecule has 184 valence electrons. The Kier molecular flexibility index (Phi) is 7.10. The summed E-state index contributed by atoms with van der Waals surface area (Å²) >= 11 is 6.35. The molecule has 2 aromatic carbocycles. The van der Waals surface area contributed by atoms with Crippen LogP contribution in [0.4, 0.5) is 0 Å². The Hall–Kier alpha value is -1.80. The third-order valence-corrected chi connectivity index (χ3v) is 9.54. The third kappa shape index (κ3) is 5.38. The molecule has 2 aromatic rings. The molecule has 0 saturated carbocycles. The highest BCUT2D eigenvalue weighted by atomic mass is 35.5. The molecular formula is C24H29ClNO6PS. The first kappa shape index (κ1) is 26.8. The van der Waals surface area contributed by atoms with E-state index in [0.29, 0.717) is 0 Å². The van der Waals surface area contributed by atoms with Crippen LogP contribution >= 0.6 is 19.2 Å². The van der Waals surface area contributed by atoms with Gasteiger partial charge in [-0.25, -0.2) is 8.42 Å². The van der Waals surface area contributed by atoms with Gasteiger partial charge in [-0.3, -0.25) is 9.36 Å². The summed E-state index contributed by atoms with van der Waals surface area (Å²) in [4.78, 5) is 12.8. The first-order chi connectivity index (χ1) is 15.5. The number of allylic oxidation sites excluding steroid dienone is 1. The average Bonchev–Trinajstić information content (AvgIpc) is 2.69. The number of Topliss-reactive ketones (excluding diaryl/α,β-unsaturated/α-hetero) is 1. The number of halogens is 1. The van der Waals surface area contributed by atoms with Crippen LogP contribution in [-0.4, -0.2) is 25.4 Å². The number of fused-ring (bicyclic) bond motifs is 1. The molecule has 1 aliphatic rings. The van der Waals surface area contributed by atoms with Gasteiger partial charge in [0.15, 0.2) is 5.28 Å². The van der Waals surface area contributed by atoms with Gasteiger partial charge in [0.25, 0.3) is 0 Å². The van der Waals surface area contributed by atoms with Gasteiger partial charge in [0, 0.05) is 11.1 Å². The summed E-state index contributed by atoms with van der Waals surface area (Å²) in [5, 5.41) is -2.42. The number of ketones is 1. The minimum Gasteiger partial charge on any atom is -0.301 e. The van der Waals surface area contributed by atoms with Gasteiger partial charge in [-0.15, -0.1) is 0 Å². The van der Waals surface area contributed by atoms with E-state index in [1.54, 1.807) is 71.9 Å². The summed E-state index contributed by atoms with van der Waals surface area (Å²) in [5.74, 6) is -0.523. The molecule has 0 radical (unpaired) electrons. The fourth-order valence-electron chi connectivity index (χ4n) is 3.58. The molecule has 0 amide bonds. The zero-order chi connectivity index (χ0) is 25.6. The maximum atomic E-state index is 14.9. The maximum Gasteiger partial charge on any atom is 0.361 e. The van der Waals surface area contributed by atoms with Crippen molar-refractivity contribution in [1.82, 2.24) is 4.72 Å². The molecule has 1 atom stereocenters. The summed E-state index contributed by atoms with van der Waals surface area (Å²) in [6, 6.07) is 13.9. The monoisotopic (exact) mass is 525 g/mol. The van der Waals surface area contributed by atoms with Crippen LogP contribution < -0.4 is 4.72 Å². The normalized spacial score (nSPS) is 19.5. The Morgan fingerprint density at radius 3 is 1.91 bits per heavy atom. The number of benzene rings is 2. The van der Waals surface area contributed by atoms with Gasteiger partial charge in [0.05, 0.1) is 21.1 Å². The number of carbonyl (C=O) groups is 1. The number of carbonyl (C=O) groups excluding carboxylic acids is 1. The van der Waals surface area contributed by atoms with Crippen molar-refractivity contribution in [3.63, 3.8) is 0 Å². The standard InChI is InChI=1S/C24H29ClNO6PS/c1-22(2,3)31-33(28,32-23(4,5)6)24(26-34(29,30)17-12-8-7-9-13-17)16-20(25)21(27)18-14-10-11-15-19(18)24/h7-16,26H,1-6H3. The zero-order valence-corrected chi connectivity index (χ0v) is 22.4. The van der Waals surface area contributed by atoms with Crippen molar-refractivity contribution in [2.75, 3.05) is 0 Å². The Bertz CT molecular complexity index is 1260. The molecule has 1 unspecified atom stereocenters. The second kappa shape index (κ2) is 9.01. The summed E-state index contributed by atoms with van der Waals surface area (Å²) in [6.07, 6.45) is 1.14. The predicted molar refractivity (Wildman–Crippen MR) is 132 cm³/mol. The Morgan fingerprint density at radius 2 is 1.38 bits per heavy atom. The fraction of sp³-hybridized carbons (Fsp3) is 0.375. The Labute approximate surface area is 206 Å². The minimum atomic E-state index is -4.49. The minimum absolute atomic E-state index is 0.0636. The van der Waals surface area contributed by atoms with Crippen LogP contribution in [0.3, 0.4) is 0 Å². The smallest absolute Gasteiger partial charge is 0.301 e. The van der Waals surface area contributed by atoms with Gasteiger partial charge < -0.3 is 9.05 Å². The van der Waals surface area contributed by atoms with Gasteiger partial charge in [-0.05, 0) is 59.8 Å². The van der Waals surface area contributed by atoms with E-state index < -0.39 is 39.9 Å². The Morgan fingerprint density at radius 1 is 0.882 bits per heavy atom. The van der Waals surface area contributed by atoms with Crippen LogP contribution in [-0.2, 0) is 28.9 Å². The van der Waals surface area contributed by atoms with Crippen molar-refractivity contribution in [3.05, 3.63) is 76.8 Å². The fourth-order valence-corrected chi connectivity index (χ4v) is 8.49. The van der Waals surface area contributed by atoms with Gasteiger partial charge in [-0.2, -0.15) is 4.72 Å². The molecule has 0 fully saturated rings. The van der Waals surface area contributed by atoms with Crippen molar-refractivity contribution < 1.29 is 26.8 Å². The highest BCUT2D eigenvalue weighted by molar-refractivity contribution is 7.90. The molecule has 7 nitrogen and oxygen atoms in total. The first-order valence-electron chi connectivity index (χ1n) is 10.6. The quantitative estimate of drug-likeness (QED) is 0.467. The van der Waals surface area contributed by atoms with Crippen molar-refractivity contribution in [2.45, 2.75) is 62.9 Å². The average molecular weight is 526 g/mol. The zero-order valence-electron chi connectivity index (χ0n) is 20.0. The van der Waals surface area contributed by atoms with E-state index in [2.05, 4.69) is 4.72 Å². The second-order valence-electron chi connectivity index (χ2n) is 9.96. The van der Waals surface area contributed by atoms with Crippen LogP contribution in [0.15, 0.2) is 70.6 Å². The maximum absolute atomic E-state index is 14.9. The molecule has 10 heteroatoms. The Balaban J connectivity index is 2.41. The van der Waals surface area contributed by atoms with E-state index in [1.807, 2.05) is 0 Å². The van der Waals surface area contributed by atoms with E-state index in [0.717, 1.165) is 6.08 Å². The molecule has 1 N–H and O–H groups in total. The molecule has 0 bridgehead atoms. The topological polar surface area (TPSA) is 98.8 Å². The van der Waals surface area contributed by atoms with Gasteiger partial charge in [0.1, 0.15) is 0 Å². The number of nitrogens with one attached hydrogen (secondary N) is 1. The van der Waals surface area contributed by atoms with E-state index in [4.69, 9.17) is 20.6 Å². The second-order valence-corrected chi connectivity index (χ2v) is 14.1. The summed E-state index contributed by atoms with van der Waals surface area (Å²) in [7, 11) is -8.78. The van der Waals surface area contributed by atoms with Gasteiger partial charge >= 0.3 is 7.60 Å². The summed E-state index contributed by atoms with van der Waals surface area (Å²) in [6.45, 7) is 10.1. The molecule has 1 aliphatic carbocycles. The largest absolute Gasteiger partial charge is 0.361 e. The lowest BCUT2D eigenvalue weighted by Gasteiger charge is -2.44. The SMILES string of the molecule is CC(C)(C)OP(=O)(OC(C)(C)C)C1(NS(=O)(=O)c2ccccc2)C=C(Cl)C(=O)c2ccccc21. The molecule has 0 aliphatic heterocycles. The molecule has 0 aromatic heterocycles. The lowest BCUT2D eigenvalue weighted by Crippen LogP contribution is -2.49. The number of rotatable bonds is 6. The summed E-state index contributed by atoms with van der Waals surface area (Å²) < 4.78 is 56.7. The van der Waals surface area contributed by atoms with E-state index in [9.17, 15) is 17.8 Å². The van der Waals surface area contributed by atoms with Gasteiger partial charge in [-0.1, -0.05) is 54.1 Å². The molecule has 0 heterocycles. The lowest BCUT2D eigenvalue weighted by atomic mass is 9.92. The molecule has 3 rings (SSSR count). The van der Waals surface area contributed by atoms with Crippen molar-refractivity contribution >= 4 is 35.0 Å². The van der Waals surface area contributed by atoms with Crippen molar-refractivity contribution in [2.24, 2.45) is 0 Å². The number of hydrogen-bond donors (Lipinski definition) is 1. The third-order valence-electron chi connectivity index (χ3n) is 4.70. The summed E-state index contributed by atoms with van der Waals surface area (Å²) in [5.41, 5.74) is -1.80.